The van der Waals surface area contributed by atoms with Crippen molar-refractivity contribution in [3.63, 3.8) is 0 Å². The smallest absolute Gasteiger partial charge is 0.257 e. The first-order valence-electron chi connectivity index (χ1n) is 7.21. The van der Waals surface area contributed by atoms with E-state index in [9.17, 15) is 4.79 Å². The second-order valence-corrected chi connectivity index (χ2v) is 5.69. The molecule has 1 aromatic carbocycles. The summed E-state index contributed by atoms with van der Waals surface area (Å²) in [5.74, 6) is 0.336. The molecule has 0 saturated heterocycles. The number of hydrogen-bond acceptors (Lipinski definition) is 4. The molecule has 1 amide bonds. The van der Waals surface area contributed by atoms with Crippen molar-refractivity contribution in [3.8, 4) is 11.3 Å². The molecule has 0 radical (unpaired) electrons. The molecule has 5 nitrogen and oxygen atoms in total. The van der Waals surface area contributed by atoms with Crippen molar-refractivity contribution >= 4 is 21.8 Å². The Balaban J connectivity index is 2.10. The summed E-state index contributed by atoms with van der Waals surface area (Å²) in [6, 6.07) is 7.62. The number of rotatable bonds is 7. The van der Waals surface area contributed by atoms with Crippen LogP contribution in [0.5, 0.6) is 0 Å². The molecular formula is C16H19BrN2O3. The molecule has 0 aliphatic rings. The zero-order valence-electron chi connectivity index (χ0n) is 12.7. The van der Waals surface area contributed by atoms with E-state index in [1.165, 1.54) is 0 Å². The third-order valence-corrected chi connectivity index (χ3v) is 3.64. The van der Waals surface area contributed by atoms with Gasteiger partial charge in [-0.15, -0.1) is 0 Å². The number of halogens is 1. The highest BCUT2D eigenvalue weighted by molar-refractivity contribution is 9.10. The van der Waals surface area contributed by atoms with Crippen LogP contribution in [0.3, 0.4) is 0 Å². The van der Waals surface area contributed by atoms with Gasteiger partial charge in [0, 0.05) is 29.8 Å². The standard InChI is InChI=1S/C16H19BrN2O3/c1-3-21-9-5-8-18-16(20)14-11(2)22-19-15(14)12-6-4-7-13(17)10-12/h4,6-7,10H,3,5,8-9H2,1-2H3,(H,18,20). The summed E-state index contributed by atoms with van der Waals surface area (Å²) < 4.78 is 11.4. The highest BCUT2D eigenvalue weighted by Gasteiger charge is 2.21. The Labute approximate surface area is 138 Å². The van der Waals surface area contributed by atoms with E-state index in [1.807, 2.05) is 31.2 Å². The Hall–Kier alpha value is -1.66. The van der Waals surface area contributed by atoms with Crippen molar-refractivity contribution in [2.24, 2.45) is 0 Å². The number of carbonyl (C=O) groups excluding carboxylic acids is 1. The minimum Gasteiger partial charge on any atom is -0.382 e. The Kier molecular flexibility index (Phi) is 6.15. The van der Waals surface area contributed by atoms with E-state index in [0.29, 0.717) is 36.8 Å². The topological polar surface area (TPSA) is 64.4 Å². The van der Waals surface area contributed by atoms with Crippen molar-refractivity contribution < 1.29 is 14.1 Å². The van der Waals surface area contributed by atoms with Crippen molar-refractivity contribution in [3.05, 3.63) is 40.1 Å². The van der Waals surface area contributed by atoms with Gasteiger partial charge >= 0.3 is 0 Å². The number of aromatic nitrogens is 1. The molecule has 1 heterocycles. The maximum absolute atomic E-state index is 12.4. The zero-order valence-corrected chi connectivity index (χ0v) is 14.3. The third-order valence-electron chi connectivity index (χ3n) is 3.14. The lowest BCUT2D eigenvalue weighted by atomic mass is 10.1. The van der Waals surface area contributed by atoms with Crippen LogP contribution in [0.4, 0.5) is 0 Å². The average Bonchev–Trinajstić information content (AvgIpc) is 2.89. The third kappa shape index (κ3) is 4.18. The van der Waals surface area contributed by atoms with Gasteiger partial charge in [0.1, 0.15) is 17.0 Å². The van der Waals surface area contributed by atoms with Crippen LogP contribution >= 0.6 is 15.9 Å². The molecule has 22 heavy (non-hydrogen) atoms. The number of amides is 1. The first kappa shape index (κ1) is 16.7. The molecule has 1 aromatic heterocycles. The van der Waals surface area contributed by atoms with Crippen LogP contribution in [0.1, 0.15) is 29.5 Å². The van der Waals surface area contributed by atoms with Gasteiger partial charge in [-0.1, -0.05) is 33.2 Å². The summed E-state index contributed by atoms with van der Waals surface area (Å²) in [7, 11) is 0. The normalized spacial score (nSPS) is 10.7. The summed E-state index contributed by atoms with van der Waals surface area (Å²) in [6.45, 7) is 5.57. The molecule has 0 saturated carbocycles. The van der Waals surface area contributed by atoms with Gasteiger partial charge in [0.05, 0.1) is 0 Å². The number of nitrogens with zero attached hydrogens (tertiary/aromatic N) is 1. The van der Waals surface area contributed by atoms with Crippen LogP contribution in [0.15, 0.2) is 33.3 Å². The van der Waals surface area contributed by atoms with Gasteiger partial charge in [0.2, 0.25) is 0 Å². The lowest BCUT2D eigenvalue weighted by Crippen LogP contribution is -2.26. The molecule has 0 aliphatic carbocycles. The van der Waals surface area contributed by atoms with E-state index in [-0.39, 0.29) is 5.91 Å². The van der Waals surface area contributed by atoms with Gasteiger partial charge in [0.25, 0.3) is 5.91 Å². The average molecular weight is 367 g/mol. The first-order chi connectivity index (χ1) is 10.6. The summed E-state index contributed by atoms with van der Waals surface area (Å²) >= 11 is 3.42. The molecule has 0 bridgehead atoms. The number of benzene rings is 1. The van der Waals surface area contributed by atoms with E-state index in [2.05, 4.69) is 26.4 Å². The Bertz CT molecular complexity index is 640. The largest absolute Gasteiger partial charge is 0.382 e. The fourth-order valence-corrected chi connectivity index (χ4v) is 2.48. The van der Waals surface area contributed by atoms with Crippen LogP contribution in [0.2, 0.25) is 0 Å². The number of carbonyl (C=O) groups is 1. The number of ether oxygens (including phenoxy) is 1. The molecule has 0 unspecified atom stereocenters. The highest BCUT2D eigenvalue weighted by Crippen LogP contribution is 2.27. The van der Waals surface area contributed by atoms with Gasteiger partial charge in [-0.25, -0.2) is 0 Å². The number of aryl methyl sites for hydroxylation is 1. The zero-order chi connectivity index (χ0) is 15.9. The Morgan fingerprint density at radius 1 is 1.45 bits per heavy atom. The molecule has 118 valence electrons. The van der Waals surface area contributed by atoms with Gasteiger partial charge in [-0.05, 0) is 32.4 Å². The number of hydrogen-bond donors (Lipinski definition) is 1. The molecule has 0 fully saturated rings. The van der Waals surface area contributed by atoms with Crippen LogP contribution in [-0.2, 0) is 4.74 Å². The first-order valence-corrected chi connectivity index (χ1v) is 8.01. The predicted octanol–water partition coefficient (Wildman–Crippen LogP) is 3.57. The van der Waals surface area contributed by atoms with E-state index in [4.69, 9.17) is 9.26 Å². The molecule has 1 N–H and O–H groups in total. The predicted molar refractivity (Wildman–Crippen MR) is 87.8 cm³/mol. The molecule has 6 heteroatoms. The second kappa shape index (κ2) is 8.10. The van der Waals surface area contributed by atoms with Gasteiger partial charge in [-0.3, -0.25) is 4.79 Å². The second-order valence-electron chi connectivity index (χ2n) is 4.78. The van der Waals surface area contributed by atoms with Crippen LogP contribution in [-0.4, -0.2) is 30.8 Å². The maximum Gasteiger partial charge on any atom is 0.257 e. The van der Waals surface area contributed by atoms with E-state index >= 15 is 0 Å². The van der Waals surface area contributed by atoms with Crippen LogP contribution in [0.25, 0.3) is 11.3 Å². The van der Waals surface area contributed by atoms with Crippen molar-refractivity contribution in [2.45, 2.75) is 20.3 Å². The van der Waals surface area contributed by atoms with E-state index in [1.54, 1.807) is 6.92 Å². The van der Waals surface area contributed by atoms with Crippen molar-refractivity contribution in [1.82, 2.24) is 10.5 Å². The quantitative estimate of drug-likeness (QED) is 0.760. The van der Waals surface area contributed by atoms with Crippen LogP contribution < -0.4 is 5.32 Å². The minimum atomic E-state index is -0.176. The molecule has 0 atom stereocenters. The molecule has 2 rings (SSSR count). The number of nitrogens with one attached hydrogen (secondary N) is 1. The maximum atomic E-state index is 12.4. The fraction of sp³-hybridized carbons (Fsp3) is 0.375. The lowest BCUT2D eigenvalue weighted by Gasteiger charge is -2.06. The minimum absolute atomic E-state index is 0.176. The lowest BCUT2D eigenvalue weighted by molar-refractivity contribution is 0.0943. The monoisotopic (exact) mass is 366 g/mol. The van der Waals surface area contributed by atoms with Gasteiger partial charge in [-0.2, -0.15) is 0 Å². The van der Waals surface area contributed by atoms with Crippen LogP contribution in [0, 0.1) is 6.92 Å². The molecule has 2 aromatic rings. The van der Waals surface area contributed by atoms with Gasteiger partial charge < -0.3 is 14.6 Å². The Morgan fingerprint density at radius 3 is 3.00 bits per heavy atom. The fourth-order valence-electron chi connectivity index (χ4n) is 2.08. The van der Waals surface area contributed by atoms with Crippen molar-refractivity contribution in [2.75, 3.05) is 19.8 Å². The molecule has 0 aliphatic heterocycles. The van der Waals surface area contributed by atoms with Gasteiger partial charge in [0.15, 0.2) is 0 Å². The van der Waals surface area contributed by atoms with E-state index < -0.39 is 0 Å². The molecular weight excluding hydrogens is 348 g/mol. The Morgan fingerprint density at radius 2 is 2.27 bits per heavy atom. The SMILES string of the molecule is CCOCCCNC(=O)c1c(-c2cccc(Br)c2)noc1C. The van der Waals surface area contributed by atoms with E-state index in [0.717, 1.165) is 16.5 Å². The summed E-state index contributed by atoms with van der Waals surface area (Å²) in [6.07, 6.45) is 0.774. The summed E-state index contributed by atoms with van der Waals surface area (Å²) in [4.78, 5) is 12.4. The molecule has 0 spiro atoms. The summed E-state index contributed by atoms with van der Waals surface area (Å²) in [5.41, 5.74) is 1.88. The van der Waals surface area contributed by atoms with Crippen molar-refractivity contribution in [1.29, 1.82) is 0 Å². The highest BCUT2D eigenvalue weighted by atomic mass is 79.9. The summed E-state index contributed by atoms with van der Waals surface area (Å²) in [5, 5.41) is 6.90.